The minimum absolute atomic E-state index is 0.00500. The predicted molar refractivity (Wildman–Crippen MR) is 62.4 cm³/mol. The summed E-state index contributed by atoms with van der Waals surface area (Å²) in [4.78, 5) is 13.4. The number of nitrogens with two attached hydrogens (primary N) is 1. The van der Waals surface area contributed by atoms with Gasteiger partial charge in [0.25, 0.3) is 0 Å². The second-order valence-electron chi connectivity index (χ2n) is 3.04. The SMILES string of the molecule is N=C(N)CN=Cc1c(Cl)ccc(F)c1[N+](=O)[O-]. The van der Waals surface area contributed by atoms with E-state index in [4.69, 9.17) is 22.7 Å². The Hall–Kier alpha value is -2.02. The fourth-order valence-electron chi connectivity index (χ4n) is 1.10. The van der Waals surface area contributed by atoms with Crippen LogP contribution < -0.4 is 5.73 Å². The molecule has 6 nitrogen and oxygen atoms in total. The van der Waals surface area contributed by atoms with Crippen molar-refractivity contribution in [1.82, 2.24) is 0 Å². The van der Waals surface area contributed by atoms with Crippen LogP contribution in [-0.4, -0.2) is 23.5 Å². The number of amidine groups is 1. The van der Waals surface area contributed by atoms with Gasteiger partial charge in [-0.2, -0.15) is 4.39 Å². The van der Waals surface area contributed by atoms with Crippen molar-refractivity contribution in [3.05, 3.63) is 38.7 Å². The van der Waals surface area contributed by atoms with Crippen LogP contribution in [0.4, 0.5) is 10.1 Å². The monoisotopic (exact) mass is 258 g/mol. The molecule has 0 aromatic heterocycles. The lowest BCUT2D eigenvalue weighted by Gasteiger charge is -2.01. The Morgan fingerprint density at radius 3 is 2.88 bits per heavy atom. The molecule has 1 aromatic rings. The van der Waals surface area contributed by atoms with E-state index in [9.17, 15) is 14.5 Å². The molecular weight excluding hydrogens is 251 g/mol. The van der Waals surface area contributed by atoms with Crippen molar-refractivity contribution < 1.29 is 9.31 Å². The summed E-state index contributed by atoms with van der Waals surface area (Å²) in [6.07, 6.45) is 1.03. The lowest BCUT2D eigenvalue weighted by molar-refractivity contribution is -0.387. The Bertz CT molecular complexity index is 504. The van der Waals surface area contributed by atoms with Crippen molar-refractivity contribution in [3.8, 4) is 0 Å². The Morgan fingerprint density at radius 1 is 1.71 bits per heavy atom. The normalized spacial score (nSPS) is 10.7. The van der Waals surface area contributed by atoms with Crippen molar-refractivity contribution >= 4 is 29.3 Å². The molecule has 0 amide bonds. The van der Waals surface area contributed by atoms with Gasteiger partial charge in [-0.1, -0.05) is 11.6 Å². The highest BCUT2D eigenvalue weighted by molar-refractivity contribution is 6.33. The van der Waals surface area contributed by atoms with Gasteiger partial charge in [-0.05, 0) is 12.1 Å². The Balaban J connectivity index is 3.21. The van der Waals surface area contributed by atoms with Crippen LogP contribution >= 0.6 is 11.6 Å². The maximum absolute atomic E-state index is 13.2. The van der Waals surface area contributed by atoms with Crippen LogP contribution in [0, 0.1) is 21.3 Å². The third-order valence-electron chi connectivity index (χ3n) is 1.78. The predicted octanol–water partition coefficient (Wildman–Crippen LogP) is 1.74. The highest BCUT2D eigenvalue weighted by atomic mass is 35.5. The Labute approximate surface area is 101 Å². The Kier molecular flexibility index (Phi) is 4.11. The maximum Gasteiger partial charge on any atom is 0.314 e. The molecule has 17 heavy (non-hydrogen) atoms. The van der Waals surface area contributed by atoms with E-state index in [1.54, 1.807) is 0 Å². The van der Waals surface area contributed by atoms with Gasteiger partial charge in [0.15, 0.2) is 0 Å². The lowest BCUT2D eigenvalue weighted by atomic mass is 10.2. The maximum atomic E-state index is 13.2. The zero-order chi connectivity index (χ0) is 13.0. The summed E-state index contributed by atoms with van der Waals surface area (Å²) >= 11 is 5.71. The first-order valence-electron chi connectivity index (χ1n) is 4.38. The minimum Gasteiger partial charge on any atom is -0.386 e. The first-order chi connectivity index (χ1) is 7.93. The molecule has 1 aromatic carbocycles. The van der Waals surface area contributed by atoms with Gasteiger partial charge in [-0.3, -0.25) is 20.5 Å². The van der Waals surface area contributed by atoms with Gasteiger partial charge in [-0.15, -0.1) is 0 Å². The average Bonchev–Trinajstić information content (AvgIpc) is 2.22. The van der Waals surface area contributed by atoms with Crippen molar-refractivity contribution in [2.75, 3.05) is 6.54 Å². The smallest absolute Gasteiger partial charge is 0.314 e. The van der Waals surface area contributed by atoms with E-state index in [2.05, 4.69) is 4.99 Å². The largest absolute Gasteiger partial charge is 0.386 e. The summed E-state index contributed by atoms with van der Waals surface area (Å²) in [5.41, 5.74) is 4.16. The van der Waals surface area contributed by atoms with E-state index in [-0.39, 0.29) is 23.0 Å². The van der Waals surface area contributed by atoms with Crippen LogP contribution in [0.25, 0.3) is 0 Å². The number of hydrogen-bond acceptors (Lipinski definition) is 4. The van der Waals surface area contributed by atoms with Gasteiger partial charge < -0.3 is 5.73 Å². The third kappa shape index (κ3) is 3.22. The number of nitrogens with zero attached hydrogens (tertiary/aromatic N) is 2. The van der Waals surface area contributed by atoms with E-state index in [0.29, 0.717) is 0 Å². The molecule has 0 saturated carbocycles. The standard InChI is InChI=1S/C9H8ClFN4O2/c10-6-1-2-7(11)9(15(16)17)5(6)3-14-4-8(12)13/h1-3H,4H2,(H3,12,13). The van der Waals surface area contributed by atoms with E-state index < -0.39 is 16.4 Å². The van der Waals surface area contributed by atoms with E-state index in [0.717, 1.165) is 12.3 Å². The first kappa shape index (κ1) is 13.0. The zero-order valence-corrected chi connectivity index (χ0v) is 9.24. The zero-order valence-electron chi connectivity index (χ0n) is 8.48. The molecule has 0 atom stereocenters. The quantitative estimate of drug-likeness (QED) is 0.372. The highest BCUT2D eigenvalue weighted by Gasteiger charge is 2.21. The van der Waals surface area contributed by atoms with E-state index in [1.807, 2.05) is 0 Å². The number of aliphatic imine (C=N–C) groups is 1. The van der Waals surface area contributed by atoms with Gasteiger partial charge in [-0.25, -0.2) is 0 Å². The summed E-state index contributed by atoms with van der Waals surface area (Å²) in [7, 11) is 0. The lowest BCUT2D eigenvalue weighted by Crippen LogP contribution is -2.13. The minimum atomic E-state index is -0.997. The van der Waals surface area contributed by atoms with Gasteiger partial charge in [0, 0.05) is 6.21 Å². The number of nitro groups is 1. The summed E-state index contributed by atoms with van der Waals surface area (Å²) in [5.74, 6) is -1.21. The van der Waals surface area contributed by atoms with Crippen LogP contribution in [0.3, 0.4) is 0 Å². The van der Waals surface area contributed by atoms with Crippen LogP contribution in [0.5, 0.6) is 0 Å². The average molecular weight is 259 g/mol. The summed E-state index contributed by atoms with van der Waals surface area (Å²) in [6, 6.07) is 2.10. The molecule has 0 aliphatic rings. The molecule has 0 radical (unpaired) electrons. The summed E-state index contributed by atoms with van der Waals surface area (Å²) in [6.45, 7) is -0.135. The van der Waals surface area contributed by atoms with Crippen molar-refractivity contribution in [3.63, 3.8) is 0 Å². The van der Waals surface area contributed by atoms with E-state index >= 15 is 0 Å². The second-order valence-corrected chi connectivity index (χ2v) is 3.45. The fraction of sp³-hybridized carbons (Fsp3) is 0.111. The van der Waals surface area contributed by atoms with Gasteiger partial charge >= 0.3 is 5.69 Å². The van der Waals surface area contributed by atoms with Crippen molar-refractivity contribution in [2.24, 2.45) is 10.7 Å². The molecule has 0 heterocycles. The first-order valence-corrected chi connectivity index (χ1v) is 4.76. The molecule has 8 heteroatoms. The van der Waals surface area contributed by atoms with Gasteiger partial charge in [0.2, 0.25) is 5.82 Å². The number of benzene rings is 1. The number of rotatable bonds is 4. The summed E-state index contributed by atoms with van der Waals surface area (Å²) < 4.78 is 13.2. The number of hydrogen-bond donors (Lipinski definition) is 2. The van der Waals surface area contributed by atoms with Crippen LogP contribution in [0.2, 0.25) is 5.02 Å². The molecule has 3 N–H and O–H groups in total. The van der Waals surface area contributed by atoms with Crippen LogP contribution in [-0.2, 0) is 0 Å². The highest BCUT2D eigenvalue weighted by Crippen LogP contribution is 2.27. The number of halogens is 2. The molecule has 0 spiro atoms. The van der Waals surface area contributed by atoms with Crippen LogP contribution in [0.1, 0.15) is 5.56 Å². The molecule has 0 saturated heterocycles. The molecule has 0 aliphatic carbocycles. The third-order valence-corrected chi connectivity index (χ3v) is 2.11. The topological polar surface area (TPSA) is 105 Å². The van der Waals surface area contributed by atoms with E-state index in [1.165, 1.54) is 6.07 Å². The van der Waals surface area contributed by atoms with Gasteiger partial charge in [0.05, 0.1) is 22.1 Å². The molecular formula is C9H8ClFN4O2. The molecule has 0 unspecified atom stereocenters. The molecule has 0 bridgehead atoms. The second kappa shape index (κ2) is 5.35. The van der Waals surface area contributed by atoms with Crippen molar-refractivity contribution in [1.29, 1.82) is 5.41 Å². The number of nitrogens with one attached hydrogen (secondary N) is 1. The van der Waals surface area contributed by atoms with Crippen molar-refractivity contribution in [2.45, 2.75) is 0 Å². The fourth-order valence-corrected chi connectivity index (χ4v) is 1.30. The Morgan fingerprint density at radius 2 is 2.35 bits per heavy atom. The van der Waals surface area contributed by atoms with Crippen LogP contribution in [0.15, 0.2) is 17.1 Å². The molecule has 0 fully saturated rings. The number of nitro benzene ring substituents is 1. The summed E-state index contributed by atoms with van der Waals surface area (Å²) in [5, 5.41) is 17.6. The van der Waals surface area contributed by atoms with Gasteiger partial charge in [0.1, 0.15) is 5.84 Å². The molecule has 90 valence electrons. The molecule has 0 aliphatic heterocycles. The molecule has 1 rings (SSSR count).